The Morgan fingerprint density at radius 1 is 0.923 bits per heavy atom. The molecule has 1 saturated carbocycles. The van der Waals surface area contributed by atoms with Gasteiger partial charge in [0, 0.05) is 11.1 Å². The molecule has 1 aliphatic carbocycles. The molecule has 0 saturated heterocycles. The summed E-state index contributed by atoms with van der Waals surface area (Å²) in [6.45, 7) is 1.80. The van der Waals surface area contributed by atoms with Gasteiger partial charge in [-0.05, 0) is 66.8 Å². The van der Waals surface area contributed by atoms with Crippen molar-refractivity contribution >= 4 is 17.5 Å². The lowest BCUT2D eigenvalue weighted by Crippen LogP contribution is -2.19. The first-order chi connectivity index (χ1) is 18.8. The minimum Gasteiger partial charge on any atom is -0.481 e. The van der Waals surface area contributed by atoms with Gasteiger partial charge in [-0.3, -0.25) is 4.79 Å². The Bertz CT molecular complexity index is 1690. The van der Waals surface area contributed by atoms with Crippen molar-refractivity contribution in [3.63, 3.8) is 0 Å². The molecule has 0 unspecified atom stereocenters. The molecule has 1 fully saturated rings. The fraction of sp³-hybridized carbons (Fsp3) is 0.129. The second-order valence-corrected chi connectivity index (χ2v) is 9.67. The molecule has 39 heavy (non-hydrogen) atoms. The smallest absolute Gasteiger partial charge is 0.314 e. The van der Waals surface area contributed by atoms with E-state index in [0.29, 0.717) is 41.5 Å². The van der Waals surface area contributed by atoms with Gasteiger partial charge in [-0.15, -0.1) is 0 Å². The Hall–Kier alpha value is -4.85. The summed E-state index contributed by atoms with van der Waals surface area (Å²) < 4.78 is 33.6. The summed E-state index contributed by atoms with van der Waals surface area (Å²) in [7, 11) is 0. The standard InChI is InChI=1S/C31H23F2N3O3/c1-18-28(35-27-4-2-3-26(34-27)24-17-23(32)13-14-25(24)33)29(39-36-18)21-7-5-19(6-8-21)20-9-11-22(12-10-20)31(15-16-31)30(37)38/h2-14,17H,15-16H2,1H3,(H,34,35)(H,37,38). The van der Waals surface area contributed by atoms with E-state index in [0.717, 1.165) is 40.5 Å². The van der Waals surface area contributed by atoms with Gasteiger partial charge >= 0.3 is 5.97 Å². The molecule has 0 radical (unpaired) electrons. The summed E-state index contributed by atoms with van der Waals surface area (Å²) >= 11 is 0. The number of halogens is 2. The third-order valence-electron chi connectivity index (χ3n) is 7.15. The number of carboxylic acids is 1. The van der Waals surface area contributed by atoms with E-state index in [1.54, 1.807) is 25.1 Å². The van der Waals surface area contributed by atoms with E-state index in [2.05, 4.69) is 15.5 Å². The van der Waals surface area contributed by atoms with Gasteiger partial charge in [-0.2, -0.15) is 0 Å². The molecular formula is C31H23F2N3O3. The number of rotatable bonds is 7. The van der Waals surface area contributed by atoms with Crippen LogP contribution in [0.25, 0.3) is 33.7 Å². The Morgan fingerprint density at radius 3 is 2.26 bits per heavy atom. The highest BCUT2D eigenvalue weighted by Crippen LogP contribution is 2.48. The summed E-state index contributed by atoms with van der Waals surface area (Å²) in [5.74, 6) is -0.943. The Labute approximate surface area is 223 Å². The van der Waals surface area contributed by atoms with Crippen molar-refractivity contribution in [2.45, 2.75) is 25.2 Å². The maximum absolute atomic E-state index is 14.3. The second-order valence-electron chi connectivity index (χ2n) is 9.67. The molecule has 2 N–H and O–H groups in total. The van der Waals surface area contributed by atoms with Crippen LogP contribution < -0.4 is 5.32 Å². The zero-order valence-electron chi connectivity index (χ0n) is 20.9. The third kappa shape index (κ3) is 4.54. The molecule has 6 rings (SSSR count). The first-order valence-electron chi connectivity index (χ1n) is 12.4. The molecular weight excluding hydrogens is 500 g/mol. The number of hydrogen-bond donors (Lipinski definition) is 2. The molecule has 3 aromatic carbocycles. The monoisotopic (exact) mass is 523 g/mol. The number of anilines is 2. The highest BCUT2D eigenvalue weighted by atomic mass is 19.1. The van der Waals surface area contributed by atoms with E-state index >= 15 is 0 Å². The van der Waals surface area contributed by atoms with Crippen LogP contribution >= 0.6 is 0 Å². The molecule has 0 aliphatic heterocycles. The van der Waals surface area contributed by atoms with Crippen molar-refractivity contribution in [3.8, 4) is 33.7 Å². The number of nitrogens with zero attached hydrogens (tertiary/aromatic N) is 2. The maximum Gasteiger partial charge on any atom is 0.314 e. The number of aryl methyl sites for hydroxylation is 1. The van der Waals surface area contributed by atoms with Crippen LogP contribution in [0.4, 0.5) is 20.3 Å². The Morgan fingerprint density at radius 2 is 1.59 bits per heavy atom. The Kier molecular flexibility index (Phi) is 5.95. The van der Waals surface area contributed by atoms with Crippen LogP contribution in [0.2, 0.25) is 0 Å². The lowest BCUT2D eigenvalue weighted by Gasteiger charge is -2.11. The molecule has 0 bridgehead atoms. The lowest BCUT2D eigenvalue weighted by atomic mass is 9.93. The molecule has 0 spiro atoms. The average Bonchev–Trinajstić information content (AvgIpc) is 3.70. The molecule has 2 heterocycles. The first-order valence-corrected chi connectivity index (χ1v) is 12.4. The van der Waals surface area contributed by atoms with E-state index in [1.807, 2.05) is 48.5 Å². The van der Waals surface area contributed by atoms with Crippen LogP contribution in [0.3, 0.4) is 0 Å². The van der Waals surface area contributed by atoms with Gasteiger partial charge in [-0.25, -0.2) is 13.8 Å². The van der Waals surface area contributed by atoms with E-state index < -0.39 is 23.0 Å². The summed E-state index contributed by atoms with van der Waals surface area (Å²) in [5, 5.41) is 16.9. The second kappa shape index (κ2) is 9.47. The van der Waals surface area contributed by atoms with E-state index in [-0.39, 0.29) is 5.56 Å². The SMILES string of the molecule is Cc1noc(-c2ccc(-c3ccc(C4(C(=O)O)CC4)cc3)cc2)c1Nc1cccc(-c2cc(F)ccc2F)n1. The molecule has 0 atom stereocenters. The topological polar surface area (TPSA) is 88.2 Å². The van der Waals surface area contributed by atoms with E-state index in [9.17, 15) is 18.7 Å². The van der Waals surface area contributed by atoms with Gasteiger partial charge in [-0.1, -0.05) is 59.8 Å². The van der Waals surface area contributed by atoms with Gasteiger partial charge in [0.1, 0.15) is 28.8 Å². The normalized spacial score (nSPS) is 13.7. The first kappa shape index (κ1) is 24.5. The van der Waals surface area contributed by atoms with Crippen molar-refractivity contribution in [1.82, 2.24) is 10.1 Å². The van der Waals surface area contributed by atoms with Gasteiger partial charge in [0.2, 0.25) is 0 Å². The molecule has 6 nitrogen and oxygen atoms in total. The molecule has 8 heteroatoms. The van der Waals surface area contributed by atoms with Crippen LogP contribution in [-0.4, -0.2) is 21.2 Å². The lowest BCUT2D eigenvalue weighted by molar-refractivity contribution is -0.140. The summed E-state index contributed by atoms with van der Waals surface area (Å²) in [6.07, 6.45) is 1.34. The maximum atomic E-state index is 14.3. The zero-order chi connectivity index (χ0) is 27.1. The van der Waals surface area contributed by atoms with Crippen molar-refractivity contribution in [2.24, 2.45) is 0 Å². The predicted molar refractivity (Wildman–Crippen MR) is 144 cm³/mol. The zero-order valence-corrected chi connectivity index (χ0v) is 20.9. The summed E-state index contributed by atoms with van der Waals surface area (Å²) in [6, 6.07) is 23.7. The van der Waals surface area contributed by atoms with Crippen molar-refractivity contribution < 1.29 is 23.2 Å². The molecule has 5 aromatic rings. The summed E-state index contributed by atoms with van der Waals surface area (Å²) in [5.41, 5.74) is 4.43. The van der Waals surface area contributed by atoms with Crippen molar-refractivity contribution in [3.05, 3.63) is 108 Å². The van der Waals surface area contributed by atoms with Crippen LogP contribution in [0.15, 0.2) is 89.5 Å². The minimum atomic E-state index is -0.769. The van der Waals surface area contributed by atoms with Gasteiger partial charge in [0.15, 0.2) is 5.76 Å². The quantitative estimate of drug-likeness (QED) is 0.229. The predicted octanol–water partition coefficient (Wildman–Crippen LogP) is 7.52. The average molecular weight is 524 g/mol. The van der Waals surface area contributed by atoms with Crippen LogP contribution in [0.1, 0.15) is 24.1 Å². The highest BCUT2D eigenvalue weighted by Gasteiger charge is 2.51. The number of carbonyl (C=O) groups is 1. The van der Waals surface area contributed by atoms with Crippen molar-refractivity contribution in [1.29, 1.82) is 0 Å². The number of benzene rings is 3. The number of aromatic nitrogens is 2. The largest absolute Gasteiger partial charge is 0.481 e. The third-order valence-corrected chi connectivity index (χ3v) is 7.15. The molecule has 0 amide bonds. The van der Waals surface area contributed by atoms with Crippen LogP contribution in [0.5, 0.6) is 0 Å². The number of hydrogen-bond acceptors (Lipinski definition) is 5. The van der Waals surface area contributed by atoms with Gasteiger partial charge < -0.3 is 14.9 Å². The number of nitrogens with one attached hydrogen (secondary N) is 1. The number of aliphatic carboxylic acids is 1. The highest BCUT2D eigenvalue weighted by molar-refractivity contribution is 5.85. The fourth-order valence-electron chi connectivity index (χ4n) is 4.74. The number of carboxylic acid groups (broad SMARTS) is 1. The fourth-order valence-corrected chi connectivity index (χ4v) is 4.74. The summed E-state index contributed by atoms with van der Waals surface area (Å²) in [4.78, 5) is 16.1. The molecule has 194 valence electrons. The molecule has 2 aromatic heterocycles. The number of pyridine rings is 1. The van der Waals surface area contributed by atoms with Crippen LogP contribution in [0, 0.1) is 18.6 Å². The molecule has 1 aliphatic rings. The van der Waals surface area contributed by atoms with Crippen LogP contribution in [-0.2, 0) is 10.2 Å². The Balaban J connectivity index is 1.25. The van der Waals surface area contributed by atoms with Crippen molar-refractivity contribution in [2.75, 3.05) is 5.32 Å². The minimum absolute atomic E-state index is 0.0693. The van der Waals surface area contributed by atoms with E-state index in [4.69, 9.17) is 4.52 Å². The van der Waals surface area contributed by atoms with E-state index in [1.165, 1.54) is 0 Å². The van der Waals surface area contributed by atoms with Gasteiger partial charge in [0.25, 0.3) is 0 Å². The van der Waals surface area contributed by atoms with Gasteiger partial charge in [0.05, 0.1) is 11.1 Å².